The first-order valence-corrected chi connectivity index (χ1v) is 5.99. The number of hydrogen-bond donors (Lipinski definition) is 1. The molecule has 0 aliphatic rings. The molecule has 4 nitrogen and oxygen atoms in total. The molecule has 0 saturated carbocycles. The van der Waals surface area contributed by atoms with Gasteiger partial charge < -0.3 is 10.5 Å². The Labute approximate surface area is 111 Å². The van der Waals surface area contributed by atoms with Crippen molar-refractivity contribution in [2.24, 2.45) is 0 Å². The molecule has 0 aliphatic heterocycles. The molecule has 0 radical (unpaired) electrons. The summed E-state index contributed by atoms with van der Waals surface area (Å²) in [5.41, 5.74) is 7.51. The van der Waals surface area contributed by atoms with E-state index < -0.39 is 5.82 Å². The molecule has 1 heterocycles. The quantitative estimate of drug-likeness (QED) is 0.922. The van der Waals surface area contributed by atoms with Crippen LogP contribution in [0.4, 0.5) is 10.2 Å². The number of benzene rings is 1. The SMILES string of the molecule is COc1cccc(-c2ncnc(N)c2C(C)C)c1F. The van der Waals surface area contributed by atoms with E-state index in [9.17, 15) is 4.39 Å². The van der Waals surface area contributed by atoms with Crippen LogP contribution in [0.1, 0.15) is 25.3 Å². The number of nitrogen functional groups attached to an aromatic ring is 1. The van der Waals surface area contributed by atoms with Crippen molar-refractivity contribution in [2.45, 2.75) is 19.8 Å². The van der Waals surface area contributed by atoms with E-state index in [1.807, 2.05) is 13.8 Å². The van der Waals surface area contributed by atoms with E-state index in [1.165, 1.54) is 13.4 Å². The van der Waals surface area contributed by atoms with Crippen LogP contribution in [0.25, 0.3) is 11.3 Å². The fraction of sp³-hybridized carbons (Fsp3) is 0.286. The molecule has 0 unspecified atom stereocenters. The number of ether oxygens (including phenoxy) is 1. The molecule has 5 heteroatoms. The van der Waals surface area contributed by atoms with Gasteiger partial charge in [-0.15, -0.1) is 0 Å². The van der Waals surface area contributed by atoms with Crippen molar-refractivity contribution in [3.63, 3.8) is 0 Å². The minimum atomic E-state index is -0.440. The molecule has 0 aliphatic carbocycles. The summed E-state index contributed by atoms with van der Waals surface area (Å²) >= 11 is 0. The van der Waals surface area contributed by atoms with E-state index in [-0.39, 0.29) is 11.7 Å². The number of halogens is 1. The van der Waals surface area contributed by atoms with Crippen LogP contribution in [0.15, 0.2) is 24.5 Å². The molecule has 0 saturated heterocycles. The van der Waals surface area contributed by atoms with Gasteiger partial charge in [-0.25, -0.2) is 14.4 Å². The monoisotopic (exact) mass is 261 g/mol. The third-order valence-electron chi connectivity index (χ3n) is 2.93. The van der Waals surface area contributed by atoms with Gasteiger partial charge in [-0.2, -0.15) is 0 Å². The van der Waals surface area contributed by atoms with Crippen LogP contribution >= 0.6 is 0 Å². The minimum Gasteiger partial charge on any atom is -0.494 e. The van der Waals surface area contributed by atoms with Crippen LogP contribution in [-0.2, 0) is 0 Å². The predicted octanol–water partition coefficient (Wildman–Crippen LogP) is 3.00. The Balaban J connectivity index is 2.69. The third kappa shape index (κ3) is 2.36. The summed E-state index contributed by atoms with van der Waals surface area (Å²) in [7, 11) is 1.43. The standard InChI is InChI=1S/C14H16FN3O/c1-8(2)11-13(17-7-18-14(11)16)9-5-4-6-10(19-3)12(9)15/h4-8H,1-3H3,(H2,16,17,18). The summed E-state index contributed by atoms with van der Waals surface area (Å²) in [5.74, 6) is 0.221. The summed E-state index contributed by atoms with van der Waals surface area (Å²) in [6, 6.07) is 4.95. The summed E-state index contributed by atoms with van der Waals surface area (Å²) in [6.45, 7) is 3.94. The topological polar surface area (TPSA) is 61.0 Å². The molecule has 1 aromatic carbocycles. The number of nitrogens with two attached hydrogens (primary N) is 1. The average Bonchev–Trinajstić information content (AvgIpc) is 2.38. The number of aromatic nitrogens is 2. The zero-order valence-corrected chi connectivity index (χ0v) is 11.1. The zero-order chi connectivity index (χ0) is 14.0. The van der Waals surface area contributed by atoms with E-state index in [4.69, 9.17) is 10.5 Å². The first kappa shape index (κ1) is 13.3. The highest BCUT2D eigenvalue weighted by atomic mass is 19.1. The fourth-order valence-corrected chi connectivity index (χ4v) is 2.04. The van der Waals surface area contributed by atoms with Crippen molar-refractivity contribution < 1.29 is 9.13 Å². The number of rotatable bonds is 3. The lowest BCUT2D eigenvalue weighted by molar-refractivity contribution is 0.387. The van der Waals surface area contributed by atoms with Gasteiger partial charge in [-0.1, -0.05) is 19.9 Å². The maximum atomic E-state index is 14.3. The highest BCUT2D eigenvalue weighted by Crippen LogP contribution is 2.34. The van der Waals surface area contributed by atoms with Crippen molar-refractivity contribution >= 4 is 5.82 Å². The van der Waals surface area contributed by atoms with Crippen LogP contribution < -0.4 is 10.5 Å². The van der Waals surface area contributed by atoms with Crippen molar-refractivity contribution in [3.05, 3.63) is 35.9 Å². The molecular weight excluding hydrogens is 245 g/mol. The molecular formula is C14H16FN3O. The molecule has 2 N–H and O–H groups in total. The summed E-state index contributed by atoms with van der Waals surface area (Å²) in [6.07, 6.45) is 1.34. The van der Waals surface area contributed by atoms with Gasteiger partial charge in [0.05, 0.1) is 12.8 Å². The van der Waals surface area contributed by atoms with Gasteiger partial charge in [0, 0.05) is 11.1 Å². The van der Waals surface area contributed by atoms with Crippen LogP contribution in [0.5, 0.6) is 5.75 Å². The Kier molecular flexibility index (Phi) is 3.64. The van der Waals surface area contributed by atoms with Crippen molar-refractivity contribution in [3.8, 4) is 17.0 Å². The van der Waals surface area contributed by atoms with Crippen LogP contribution in [0, 0.1) is 5.82 Å². The second-order valence-corrected chi connectivity index (χ2v) is 4.50. The van der Waals surface area contributed by atoms with Gasteiger partial charge in [-0.3, -0.25) is 0 Å². The van der Waals surface area contributed by atoms with Crippen molar-refractivity contribution in [1.82, 2.24) is 9.97 Å². The molecule has 100 valence electrons. The third-order valence-corrected chi connectivity index (χ3v) is 2.93. The van der Waals surface area contributed by atoms with E-state index in [0.717, 1.165) is 5.56 Å². The first-order chi connectivity index (χ1) is 9.06. The molecule has 19 heavy (non-hydrogen) atoms. The number of hydrogen-bond acceptors (Lipinski definition) is 4. The van der Waals surface area contributed by atoms with Crippen LogP contribution in [-0.4, -0.2) is 17.1 Å². The van der Waals surface area contributed by atoms with E-state index >= 15 is 0 Å². The van der Waals surface area contributed by atoms with E-state index in [1.54, 1.807) is 18.2 Å². The second-order valence-electron chi connectivity index (χ2n) is 4.50. The lowest BCUT2D eigenvalue weighted by Gasteiger charge is -2.14. The fourth-order valence-electron chi connectivity index (χ4n) is 2.04. The Hall–Kier alpha value is -2.17. The predicted molar refractivity (Wildman–Crippen MR) is 72.5 cm³/mol. The van der Waals surface area contributed by atoms with Crippen LogP contribution in [0.2, 0.25) is 0 Å². The molecule has 0 amide bonds. The van der Waals surface area contributed by atoms with Gasteiger partial charge in [0.1, 0.15) is 12.1 Å². The van der Waals surface area contributed by atoms with Gasteiger partial charge in [-0.05, 0) is 18.1 Å². The maximum absolute atomic E-state index is 14.3. The highest BCUT2D eigenvalue weighted by molar-refractivity contribution is 5.70. The minimum absolute atomic E-state index is 0.0989. The maximum Gasteiger partial charge on any atom is 0.174 e. The normalized spacial score (nSPS) is 10.8. The van der Waals surface area contributed by atoms with Crippen LogP contribution in [0.3, 0.4) is 0 Å². The zero-order valence-electron chi connectivity index (χ0n) is 11.1. The van der Waals surface area contributed by atoms with Gasteiger partial charge >= 0.3 is 0 Å². The Morgan fingerprint density at radius 3 is 2.63 bits per heavy atom. The molecule has 1 aromatic heterocycles. The number of methoxy groups -OCH3 is 1. The van der Waals surface area contributed by atoms with E-state index in [2.05, 4.69) is 9.97 Å². The molecule has 0 bridgehead atoms. The smallest absolute Gasteiger partial charge is 0.174 e. The Morgan fingerprint density at radius 1 is 1.26 bits per heavy atom. The van der Waals surface area contributed by atoms with Crippen molar-refractivity contribution in [1.29, 1.82) is 0 Å². The average molecular weight is 261 g/mol. The molecule has 2 aromatic rings. The largest absolute Gasteiger partial charge is 0.494 e. The summed E-state index contributed by atoms with van der Waals surface area (Å²) < 4.78 is 19.3. The van der Waals surface area contributed by atoms with E-state index in [0.29, 0.717) is 17.1 Å². The molecule has 0 fully saturated rings. The number of anilines is 1. The summed E-state index contributed by atoms with van der Waals surface area (Å²) in [4.78, 5) is 8.15. The Bertz CT molecular complexity index is 599. The second kappa shape index (κ2) is 5.22. The van der Waals surface area contributed by atoms with Crippen molar-refractivity contribution in [2.75, 3.05) is 12.8 Å². The first-order valence-electron chi connectivity index (χ1n) is 5.99. The Morgan fingerprint density at radius 2 is 2.00 bits per heavy atom. The lowest BCUT2D eigenvalue weighted by atomic mass is 9.97. The van der Waals surface area contributed by atoms with Gasteiger partial charge in [0.25, 0.3) is 0 Å². The summed E-state index contributed by atoms with van der Waals surface area (Å²) in [5, 5.41) is 0. The molecule has 2 rings (SSSR count). The molecule has 0 spiro atoms. The lowest BCUT2D eigenvalue weighted by Crippen LogP contribution is -2.05. The highest BCUT2D eigenvalue weighted by Gasteiger charge is 2.19. The number of nitrogens with zero attached hydrogens (tertiary/aromatic N) is 2. The van der Waals surface area contributed by atoms with Gasteiger partial charge in [0.2, 0.25) is 0 Å². The molecule has 0 atom stereocenters. The van der Waals surface area contributed by atoms with Gasteiger partial charge in [0.15, 0.2) is 11.6 Å².